The fourth-order valence-corrected chi connectivity index (χ4v) is 3.74. The first-order chi connectivity index (χ1) is 11.0. The highest BCUT2D eigenvalue weighted by Crippen LogP contribution is 2.46. The molecule has 120 valence electrons. The standard InChI is InChI=1S/C18H16F3NO/c19-18(20,21)23-14-3-1-2-11(8-14)12-4-5-15-13-6-7-22-17(10-13)16(15)9-12/h1-5,8-9,13,17,22H,6-7,10H2/t13-,17?/m0/s1. The summed E-state index contributed by atoms with van der Waals surface area (Å²) in [6, 6.07) is 12.7. The van der Waals surface area contributed by atoms with Crippen LogP contribution in [-0.4, -0.2) is 12.9 Å². The van der Waals surface area contributed by atoms with Crippen molar-refractivity contribution in [2.24, 2.45) is 0 Å². The predicted octanol–water partition coefficient (Wildman–Crippen LogP) is 4.77. The minimum atomic E-state index is -4.67. The molecule has 0 aromatic heterocycles. The Labute approximate surface area is 132 Å². The van der Waals surface area contributed by atoms with Crippen LogP contribution in [0.3, 0.4) is 0 Å². The molecule has 2 atom stereocenters. The van der Waals surface area contributed by atoms with Gasteiger partial charge in [0.05, 0.1) is 0 Å². The van der Waals surface area contributed by atoms with Crippen LogP contribution in [0.2, 0.25) is 0 Å². The van der Waals surface area contributed by atoms with Crippen LogP contribution in [0.15, 0.2) is 42.5 Å². The van der Waals surface area contributed by atoms with Crippen LogP contribution in [0.5, 0.6) is 5.75 Å². The van der Waals surface area contributed by atoms with Gasteiger partial charge >= 0.3 is 6.36 Å². The first-order valence-corrected chi connectivity index (χ1v) is 7.73. The third kappa shape index (κ3) is 2.81. The average molecular weight is 319 g/mol. The summed E-state index contributed by atoms with van der Waals surface area (Å²) in [5.74, 6) is 0.428. The first-order valence-electron chi connectivity index (χ1n) is 7.73. The topological polar surface area (TPSA) is 21.3 Å². The molecule has 1 aliphatic heterocycles. The molecule has 1 saturated heterocycles. The van der Waals surface area contributed by atoms with E-state index in [4.69, 9.17) is 0 Å². The van der Waals surface area contributed by atoms with Crippen LogP contribution in [0, 0.1) is 0 Å². The number of piperidine rings is 1. The van der Waals surface area contributed by atoms with E-state index in [1.807, 2.05) is 6.07 Å². The SMILES string of the molecule is FC(F)(F)Oc1cccc(-c2ccc3c(c2)C2C[C@@H]3CCN2)c1. The maximum atomic E-state index is 12.4. The molecule has 2 nitrogen and oxygen atoms in total. The molecule has 5 heteroatoms. The Balaban J connectivity index is 1.68. The maximum Gasteiger partial charge on any atom is 0.573 e. The lowest BCUT2D eigenvalue weighted by Crippen LogP contribution is -2.25. The Morgan fingerprint density at radius 3 is 2.65 bits per heavy atom. The van der Waals surface area contributed by atoms with Gasteiger partial charge < -0.3 is 10.1 Å². The zero-order valence-corrected chi connectivity index (χ0v) is 12.4. The van der Waals surface area contributed by atoms with Gasteiger partial charge in [-0.25, -0.2) is 0 Å². The van der Waals surface area contributed by atoms with Crippen molar-refractivity contribution in [3.8, 4) is 16.9 Å². The molecule has 23 heavy (non-hydrogen) atoms. The van der Waals surface area contributed by atoms with Gasteiger partial charge in [-0.2, -0.15) is 0 Å². The third-order valence-electron chi connectivity index (χ3n) is 4.71. The molecule has 0 radical (unpaired) electrons. The van der Waals surface area contributed by atoms with Crippen LogP contribution in [0.4, 0.5) is 13.2 Å². The maximum absolute atomic E-state index is 12.4. The van der Waals surface area contributed by atoms with Crippen molar-refractivity contribution in [2.75, 3.05) is 6.54 Å². The smallest absolute Gasteiger partial charge is 0.406 e. The summed E-state index contributed by atoms with van der Waals surface area (Å²) in [6.45, 7) is 1.02. The van der Waals surface area contributed by atoms with Crippen molar-refractivity contribution >= 4 is 0 Å². The second-order valence-corrected chi connectivity index (χ2v) is 6.15. The molecule has 1 aliphatic carbocycles. The summed E-state index contributed by atoms with van der Waals surface area (Å²) < 4.78 is 41.1. The average Bonchev–Trinajstić information content (AvgIpc) is 2.76. The highest BCUT2D eigenvalue weighted by atomic mass is 19.4. The summed E-state index contributed by atoms with van der Waals surface area (Å²) in [7, 11) is 0. The van der Waals surface area contributed by atoms with Crippen LogP contribution in [0.1, 0.15) is 35.9 Å². The number of hydrogen-bond acceptors (Lipinski definition) is 2. The van der Waals surface area contributed by atoms with Gasteiger partial charge in [-0.15, -0.1) is 13.2 Å². The van der Waals surface area contributed by atoms with E-state index in [0.717, 1.165) is 30.5 Å². The lowest BCUT2D eigenvalue weighted by Gasteiger charge is -2.20. The normalized spacial score (nSPS) is 22.7. The molecule has 0 saturated carbocycles. The monoisotopic (exact) mass is 319 g/mol. The number of halogens is 3. The quantitative estimate of drug-likeness (QED) is 0.860. The van der Waals surface area contributed by atoms with Gasteiger partial charge in [0.1, 0.15) is 5.75 Å². The van der Waals surface area contributed by atoms with Gasteiger partial charge in [0.25, 0.3) is 0 Å². The molecular weight excluding hydrogens is 303 g/mol. The fraction of sp³-hybridized carbons (Fsp3) is 0.333. The third-order valence-corrected chi connectivity index (χ3v) is 4.71. The van der Waals surface area contributed by atoms with Gasteiger partial charge in [0, 0.05) is 6.04 Å². The molecule has 0 amide bonds. The number of ether oxygens (including phenoxy) is 1. The molecule has 1 unspecified atom stereocenters. The van der Waals surface area contributed by atoms with Gasteiger partial charge in [-0.1, -0.05) is 24.3 Å². The summed E-state index contributed by atoms with van der Waals surface area (Å²) in [4.78, 5) is 0. The molecule has 1 fully saturated rings. The van der Waals surface area contributed by atoms with Crippen LogP contribution in [0.25, 0.3) is 11.1 Å². The molecular formula is C18H16F3NO. The van der Waals surface area contributed by atoms with Gasteiger partial charge in [0.15, 0.2) is 0 Å². The molecule has 1 N–H and O–H groups in total. The summed E-state index contributed by atoms with van der Waals surface area (Å²) >= 11 is 0. The van der Waals surface area contributed by atoms with E-state index in [2.05, 4.69) is 22.2 Å². The van der Waals surface area contributed by atoms with Crippen molar-refractivity contribution in [1.82, 2.24) is 5.32 Å². The number of benzene rings is 2. The highest BCUT2D eigenvalue weighted by molar-refractivity contribution is 5.67. The van der Waals surface area contributed by atoms with Crippen LogP contribution >= 0.6 is 0 Å². The summed E-state index contributed by atoms with van der Waals surface area (Å²) in [5.41, 5.74) is 4.32. The number of hydrogen-bond donors (Lipinski definition) is 1. The molecule has 2 aromatic rings. The molecule has 2 aliphatic rings. The minimum absolute atomic E-state index is 0.188. The second kappa shape index (κ2) is 5.27. The molecule has 0 spiro atoms. The second-order valence-electron chi connectivity index (χ2n) is 6.15. The summed E-state index contributed by atoms with van der Waals surface area (Å²) in [6.07, 6.45) is -2.40. The molecule has 1 heterocycles. The minimum Gasteiger partial charge on any atom is -0.406 e. The van der Waals surface area contributed by atoms with E-state index >= 15 is 0 Å². The molecule has 2 bridgehead atoms. The zero-order valence-electron chi connectivity index (χ0n) is 12.4. The molecule has 4 rings (SSSR count). The Hall–Kier alpha value is -2.01. The van der Waals surface area contributed by atoms with Crippen molar-refractivity contribution in [2.45, 2.75) is 31.2 Å². The van der Waals surface area contributed by atoms with E-state index in [9.17, 15) is 13.2 Å². The van der Waals surface area contributed by atoms with E-state index in [1.54, 1.807) is 12.1 Å². The van der Waals surface area contributed by atoms with Gasteiger partial charge in [-0.3, -0.25) is 0 Å². The predicted molar refractivity (Wildman–Crippen MR) is 81.3 cm³/mol. The van der Waals surface area contributed by atoms with Crippen molar-refractivity contribution in [3.05, 3.63) is 53.6 Å². The lowest BCUT2D eigenvalue weighted by molar-refractivity contribution is -0.274. The highest BCUT2D eigenvalue weighted by Gasteiger charge is 2.34. The Morgan fingerprint density at radius 2 is 1.83 bits per heavy atom. The number of alkyl halides is 3. The lowest BCUT2D eigenvalue weighted by atomic mass is 9.95. The van der Waals surface area contributed by atoms with Crippen molar-refractivity contribution < 1.29 is 17.9 Å². The Kier molecular flexibility index (Phi) is 3.34. The van der Waals surface area contributed by atoms with Crippen molar-refractivity contribution in [1.29, 1.82) is 0 Å². The largest absolute Gasteiger partial charge is 0.573 e. The van der Waals surface area contributed by atoms with Crippen LogP contribution in [-0.2, 0) is 0 Å². The van der Waals surface area contributed by atoms with E-state index in [1.165, 1.54) is 23.3 Å². The van der Waals surface area contributed by atoms with Crippen LogP contribution < -0.4 is 10.1 Å². The Bertz CT molecular complexity index is 741. The van der Waals surface area contributed by atoms with E-state index < -0.39 is 6.36 Å². The number of fused-ring (bicyclic) bond motifs is 5. The Morgan fingerprint density at radius 1 is 1.00 bits per heavy atom. The zero-order chi connectivity index (χ0) is 16.0. The van der Waals surface area contributed by atoms with Crippen molar-refractivity contribution in [3.63, 3.8) is 0 Å². The first kappa shape index (κ1) is 14.6. The number of rotatable bonds is 2. The van der Waals surface area contributed by atoms with Gasteiger partial charge in [-0.05, 0) is 65.8 Å². The van der Waals surface area contributed by atoms with E-state index in [-0.39, 0.29) is 5.75 Å². The van der Waals surface area contributed by atoms with Gasteiger partial charge in [0.2, 0.25) is 0 Å². The number of nitrogens with one attached hydrogen (secondary N) is 1. The van der Waals surface area contributed by atoms with E-state index in [0.29, 0.717) is 12.0 Å². The molecule has 2 aromatic carbocycles. The summed E-state index contributed by atoms with van der Waals surface area (Å²) in [5, 5.41) is 3.51. The fourth-order valence-electron chi connectivity index (χ4n) is 3.74.